The van der Waals surface area contributed by atoms with E-state index in [4.69, 9.17) is 14.2 Å². The van der Waals surface area contributed by atoms with Gasteiger partial charge in [0, 0.05) is 11.3 Å². The highest BCUT2D eigenvalue weighted by Crippen LogP contribution is 2.77. The van der Waals surface area contributed by atoms with Crippen LogP contribution in [0.1, 0.15) is 20.3 Å². The number of aliphatic hydroxyl groups is 5. The van der Waals surface area contributed by atoms with Crippen LogP contribution < -0.4 is 0 Å². The molecule has 0 aromatic carbocycles. The van der Waals surface area contributed by atoms with Crippen LogP contribution in [-0.4, -0.2) is 91.9 Å². The Morgan fingerprint density at radius 3 is 2.37 bits per heavy atom. The summed E-state index contributed by atoms with van der Waals surface area (Å²) in [6.07, 6.45) is -4.96. The fourth-order valence-corrected chi connectivity index (χ4v) is 7.88. The molecule has 3 aliphatic carbocycles. The van der Waals surface area contributed by atoms with Crippen LogP contribution in [0, 0.1) is 22.7 Å². The Morgan fingerprint density at radius 1 is 1.07 bits per heavy atom. The van der Waals surface area contributed by atoms with Gasteiger partial charge in [0.1, 0.15) is 23.9 Å². The van der Waals surface area contributed by atoms with Crippen molar-refractivity contribution in [1.82, 2.24) is 0 Å². The second-order valence-corrected chi connectivity index (χ2v) is 10.0. The Kier molecular flexibility index (Phi) is 3.21. The van der Waals surface area contributed by atoms with E-state index in [1.807, 2.05) is 0 Å². The van der Waals surface area contributed by atoms with E-state index in [9.17, 15) is 35.1 Å². The third-order valence-electron chi connectivity index (χ3n) is 9.17. The molecule has 2 saturated carbocycles. The zero-order valence-electron chi connectivity index (χ0n) is 16.4. The molecule has 0 aromatic rings. The molecule has 0 unspecified atom stereocenters. The normalized spacial score (nSPS) is 63.1. The molecule has 0 radical (unpaired) electrons. The standard InChI is InChI=1S/C20H24O10/c1-7-3-9(21)11(22)16(2)8(7)4-10-17-5-29-19(26,14(16)17)15(25)18(6-28-18)20(17,27)12(23)13(24)30-10/h3,8,10-12,14-15,22-23,25-27H,4-6H2,1-2H3/t8-,10+,11+,12-,14+,15+,16+,17+,18+,19-,20-/m0/s1. The summed E-state index contributed by atoms with van der Waals surface area (Å²) >= 11 is 0. The molecular formula is C20H24O10. The molecule has 2 bridgehead atoms. The number of esters is 1. The molecule has 6 aliphatic rings. The smallest absolute Gasteiger partial charge is 0.338 e. The summed E-state index contributed by atoms with van der Waals surface area (Å²) in [4.78, 5) is 25.2. The lowest BCUT2D eigenvalue weighted by molar-refractivity contribution is -0.379. The average molecular weight is 424 g/mol. The maximum Gasteiger partial charge on any atom is 0.338 e. The summed E-state index contributed by atoms with van der Waals surface area (Å²) in [7, 11) is 0. The first-order valence-electron chi connectivity index (χ1n) is 10.1. The van der Waals surface area contributed by atoms with Gasteiger partial charge in [0.15, 0.2) is 23.3 Å². The molecule has 30 heavy (non-hydrogen) atoms. The van der Waals surface area contributed by atoms with E-state index in [1.165, 1.54) is 6.08 Å². The molecule has 5 N–H and O–H groups in total. The molecule has 164 valence electrons. The zero-order chi connectivity index (χ0) is 21.6. The zero-order valence-corrected chi connectivity index (χ0v) is 16.4. The van der Waals surface area contributed by atoms with E-state index < -0.39 is 75.8 Å². The quantitative estimate of drug-likeness (QED) is 0.205. The summed E-state index contributed by atoms with van der Waals surface area (Å²) < 4.78 is 16.7. The van der Waals surface area contributed by atoms with Crippen LogP contribution in [-0.2, 0) is 23.8 Å². The van der Waals surface area contributed by atoms with Crippen molar-refractivity contribution in [3.63, 3.8) is 0 Å². The molecule has 0 aromatic heterocycles. The Labute approximate surface area is 171 Å². The number of rotatable bonds is 0. The maximum absolute atomic E-state index is 12.6. The van der Waals surface area contributed by atoms with Crippen LogP contribution in [0.15, 0.2) is 11.6 Å². The van der Waals surface area contributed by atoms with Crippen LogP contribution in [0.2, 0.25) is 0 Å². The van der Waals surface area contributed by atoms with E-state index in [0.29, 0.717) is 5.57 Å². The predicted molar refractivity (Wildman–Crippen MR) is 93.3 cm³/mol. The van der Waals surface area contributed by atoms with Gasteiger partial charge in [0.2, 0.25) is 0 Å². The monoisotopic (exact) mass is 424 g/mol. The lowest BCUT2D eigenvalue weighted by Crippen LogP contribution is -2.87. The number of epoxide rings is 1. The van der Waals surface area contributed by atoms with E-state index in [-0.39, 0.29) is 19.6 Å². The Hall–Kier alpha value is -1.40. The number of ether oxygens (including phenoxy) is 3. The van der Waals surface area contributed by atoms with Crippen molar-refractivity contribution in [1.29, 1.82) is 0 Å². The minimum Gasteiger partial charge on any atom is -0.460 e. The number of hydrogen-bond donors (Lipinski definition) is 5. The predicted octanol–water partition coefficient (Wildman–Crippen LogP) is -2.62. The van der Waals surface area contributed by atoms with Crippen molar-refractivity contribution in [3.8, 4) is 0 Å². The molecule has 3 heterocycles. The summed E-state index contributed by atoms with van der Waals surface area (Å²) in [5.41, 5.74) is -6.52. The number of hydrogen-bond acceptors (Lipinski definition) is 10. The van der Waals surface area contributed by atoms with Crippen LogP contribution in [0.4, 0.5) is 0 Å². The molecule has 5 fully saturated rings. The van der Waals surface area contributed by atoms with Crippen molar-refractivity contribution in [2.75, 3.05) is 13.2 Å². The fourth-order valence-electron chi connectivity index (χ4n) is 7.88. The van der Waals surface area contributed by atoms with Crippen LogP contribution in [0.25, 0.3) is 0 Å². The molecule has 3 saturated heterocycles. The molecule has 10 nitrogen and oxygen atoms in total. The average Bonchev–Trinajstić information content (AvgIpc) is 3.44. The van der Waals surface area contributed by atoms with Gasteiger partial charge in [0.25, 0.3) is 0 Å². The Bertz CT molecular complexity index is 927. The molecule has 3 aliphatic heterocycles. The largest absolute Gasteiger partial charge is 0.460 e. The van der Waals surface area contributed by atoms with Gasteiger partial charge in [-0.15, -0.1) is 0 Å². The third kappa shape index (κ3) is 1.53. The Morgan fingerprint density at radius 2 is 1.73 bits per heavy atom. The van der Waals surface area contributed by atoms with Gasteiger partial charge in [-0.05, 0) is 25.3 Å². The topological polar surface area (TPSA) is 166 Å². The van der Waals surface area contributed by atoms with E-state index in [2.05, 4.69) is 0 Å². The van der Waals surface area contributed by atoms with Crippen molar-refractivity contribution in [3.05, 3.63) is 11.6 Å². The SMILES string of the molecule is CC1=CC(=O)[C@@H](O)[C@]2(C)[C@H]3[C@]4(O)OC[C@@]35[C@@H](C[C@@H]12)OC(=O)[C@H](O)[C@@]5(O)[C@@]1(CO1)[C@H]4O. The molecule has 2 spiro atoms. The third-order valence-corrected chi connectivity index (χ3v) is 9.17. The van der Waals surface area contributed by atoms with Crippen LogP contribution in [0.5, 0.6) is 0 Å². The highest BCUT2D eigenvalue weighted by Gasteiger charge is 2.94. The number of carbonyl (C=O) groups is 2. The minimum atomic E-state index is -2.35. The first-order valence-corrected chi connectivity index (χ1v) is 10.1. The summed E-state index contributed by atoms with van der Waals surface area (Å²) in [5.74, 6) is -5.64. The molecule has 6 rings (SSSR count). The first-order chi connectivity index (χ1) is 13.9. The summed E-state index contributed by atoms with van der Waals surface area (Å²) in [6.45, 7) is 2.77. The number of carbonyl (C=O) groups excluding carboxylic acids is 2. The number of fused-ring (bicyclic) bond motifs is 2. The Balaban J connectivity index is 1.68. The van der Waals surface area contributed by atoms with Gasteiger partial charge in [-0.3, -0.25) is 4.79 Å². The van der Waals surface area contributed by atoms with Gasteiger partial charge >= 0.3 is 5.97 Å². The van der Waals surface area contributed by atoms with Crippen molar-refractivity contribution in [2.45, 2.75) is 61.7 Å². The van der Waals surface area contributed by atoms with Crippen LogP contribution >= 0.6 is 0 Å². The highest BCUT2D eigenvalue weighted by atomic mass is 16.7. The molecule has 11 atom stereocenters. The van der Waals surface area contributed by atoms with Gasteiger partial charge < -0.3 is 39.7 Å². The van der Waals surface area contributed by atoms with Gasteiger partial charge in [-0.25, -0.2) is 4.79 Å². The first kappa shape index (κ1) is 19.3. The number of ketones is 1. The second-order valence-electron chi connectivity index (χ2n) is 10.0. The van der Waals surface area contributed by atoms with E-state index >= 15 is 0 Å². The molecular weight excluding hydrogens is 400 g/mol. The van der Waals surface area contributed by atoms with Crippen molar-refractivity contribution < 1.29 is 49.3 Å². The number of aliphatic hydroxyl groups excluding tert-OH is 3. The maximum atomic E-state index is 12.6. The van der Waals surface area contributed by atoms with Gasteiger partial charge in [0.05, 0.1) is 18.6 Å². The fraction of sp³-hybridized carbons (Fsp3) is 0.800. The lowest BCUT2D eigenvalue weighted by atomic mass is 9.36. The second kappa shape index (κ2) is 4.98. The molecule has 0 amide bonds. The number of allylic oxidation sites excluding steroid dienone is 1. The van der Waals surface area contributed by atoms with Gasteiger partial charge in [-0.1, -0.05) is 12.5 Å². The van der Waals surface area contributed by atoms with Crippen molar-refractivity contribution >= 4 is 11.8 Å². The van der Waals surface area contributed by atoms with Crippen molar-refractivity contribution in [2.24, 2.45) is 22.7 Å². The summed E-state index contributed by atoms with van der Waals surface area (Å²) in [6, 6.07) is 0. The highest BCUT2D eigenvalue weighted by molar-refractivity contribution is 5.96. The van der Waals surface area contributed by atoms with E-state index in [1.54, 1.807) is 13.8 Å². The van der Waals surface area contributed by atoms with Gasteiger partial charge in [-0.2, -0.15) is 0 Å². The lowest BCUT2D eigenvalue weighted by Gasteiger charge is -2.70. The van der Waals surface area contributed by atoms with Crippen LogP contribution in [0.3, 0.4) is 0 Å². The summed E-state index contributed by atoms with van der Waals surface area (Å²) in [5, 5.41) is 56.7. The minimum absolute atomic E-state index is 0.145. The molecule has 10 heteroatoms. The van der Waals surface area contributed by atoms with E-state index in [0.717, 1.165) is 0 Å².